The molecule has 146 valence electrons. The van der Waals surface area contributed by atoms with Crippen molar-refractivity contribution in [3.8, 4) is 11.8 Å². The molecule has 1 aliphatic rings. The number of rotatable bonds is 6. The Morgan fingerprint density at radius 2 is 1.61 bits per heavy atom. The van der Waals surface area contributed by atoms with Crippen LogP contribution >= 0.6 is 0 Å². The van der Waals surface area contributed by atoms with E-state index in [2.05, 4.69) is 24.0 Å². The van der Waals surface area contributed by atoms with Crippen molar-refractivity contribution < 1.29 is 14.3 Å². The van der Waals surface area contributed by atoms with E-state index in [1.807, 2.05) is 48.5 Å². The molecule has 28 heavy (non-hydrogen) atoms. The zero-order valence-corrected chi connectivity index (χ0v) is 16.5. The number of carbonyl (C=O) groups is 1. The molecule has 0 aliphatic heterocycles. The van der Waals surface area contributed by atoms with Gasteiger partial charge < -0.3 is 9.47 Å². The third-order valence-corrected chi connectivity index (χ3v) is 5.09. The van der Waals surface area contributed by atoms with Gasteiger partial charge in [0.05, 0.1) is 6.61 Å². The van der Waals surface area contributed by atoms with Crippen molar-refractivity contribution >= 4 is 5.97 Å². The summed E-state index contributed by atoms with van der Waals surface area (Å²) in [6, 6.07) is 19.8. The van der Waals surface area contributed by atoms with Crippen LogP contribution in [0.5, 0.6) is 0 Å². The molecule has 0 bridgehead atoms. The number of esters is 1. The monoisotopic (exact) mass is 376 g/mol. The number of benzene rings is 2. The van der Waals surface area contributed by atoms with E-state index in [-0.39, 0.29) is 12.1 Å². The fraction of sp³-hybridized carbons (Fsp3) is 0.400. The standard InChI is InChI=1S/C25H28O3/c1-20(26)28-25(23-15-9-4-10-16-23)18-17-24(22-13-7-3-8-14-22)27-19-21-11-5-2-6-12-21/h2,4-6,9-12,15-16,22,24-25H,3,7-8,13-14,19H2,1H3/t24-,25+/m0/s1. The summed E-state index contributed by atoms with van der Waals surface area (Å²) in [5, 5.41) is 0. The molecule has 1 aliphatic carbocycles. The topological polar surface area (TPSA) is 35.5 Å². The van der Waals surface area contributed by atoms with Crippen LogP contribution < -0.4 is 0 Å². The maximum atomic E-state index is 11.6. The van der Waals surface area contributed by atoms with Gasteiger partial charge in [0.25, 0.3) is 0 Å². The normalized spacial score (nSPS) is 16.5. The lowest BCUT2D eigenvalue weighted by molar-refractivity contribution is -0.144. The SMILES string of the molecule is CC(=O)O[C@H](C#C[C@H](OCc1ccccc1)C1CCCCC1)c1ccccc1. The van der Waals surface area contributed by atoms with Crippen molar-refractivity contribution in [2.24, 2.45) is 5.92 Å². The lowest BCUT2D eigenvalue weighted by Crippen LogP contribution is -2.25. The molecule has 3 nitrogen and oxygen atoms in total. The minimum Gasteiger partial charge on any atom is -0.444 e. The molecule has 2 aromatic carbocycles. The summed E-state index contributed by atoms with van der Waals surface area (Å²) in [7, 11) is 0. The maximum absolute atomic E-state index is 11.6. The largest absolute Gasteiger partial charge is 0.444 e. The van der Waals surface area contributed by atoms with Gasteiger partial charge in [-0.3, -0.25) is 4.79 Å². The molecule has 0 amide bonds. The van der Waals surface area contributed by atoms with Gasteiger partial charge in [-0.05, 0) is 24.3 Å². The lowest BCUT2D eigenvalue weighted by atomic mass is 9.85. The van der Waals surface area contributed by atoms with Gasteiger partial charge in [-0.1, -0.05) is 91.8 Å². The number of hydrogen-bond acceptors (Lipinski definition) is 3. The summed E-state index contributed by atoms with van der Waals surface area (Å²) in [5.74, 6) is 6.60. The molecule has 0 N–H and O–H groups in total. The van der Waals surface area contributed by atoms with Gasteiger partial charge in [-0.2, -0.15) is 0 Å². The van der Waals surface area contributed by atoms with E-state index in [9.17, 15) is 4.79 Å². The van der Waals surface area contributed by atoms with Gasteiger partial charge in [0.15, 0.2) is 6.10 Å². The van der Waals surface area contributed by atoms with Crippen molar-refractivity contribution in [2.75, 3.05) is 0 Å². The summed E-state index contributed by atoms with van der Waals surface area (Å²) in [6.45, 7) is 1.96. The molecule has 3 rings (SSSR count). The summed E-state index contributed by atoms with van der Waals surface area (Å²) in [4.78, 5) is 11.6. The summed E-state index contributed by atoms with van der Waals surface area (Å²) < 4.78 is 11.7. The zero-order chi connectivity index (χ0) is 19.6. The molecular weight excluding hydrogens is 348 g/mol. The highest BCUT2D eigenvalue weighted by Crippen LogP contribution is 2.28. The maximum Gasteiger partial charge on any atom is 0.304 e. The highest BCUT2D eigenvalue weighted by molar-refractivity contribution is 5.66. The average Bonchev–Trinajstić information content (AvgIpc) is 2.74. The predicted octanol–water partition coefficient (Wildman–Crippen LogP) is 5.46. The molecule has 1 fully saturated rings. The first-order valence-electron chi connectivity index (χ1n) is 10.1. The van der Waals surface area contributed by atoms with Gasteiger partial charge in [0.1, 0.15) is 6.10 Å². The summed E-state index contributed by atoms with van der Waals surface area (Å²) in [6.07, 6.45) is 5.30. The molecular formula is C25H28O3. The third-order valence-electron chi connectivity index (χ3n) is 5.09. The first-order chi connectivity index (χ1) is 13.7. The Hall–Kier alpha value is -2.57. The van der Waals surface area contributed by atoms with Crippen LogP contribution in [0.3, 0.4) is 0 Å². The fourth-order valence-corrected chi connectivity index (χ4v) is 3.63. The highest BCUT2D eigenvalue weighted by Gasteiger charge is 2.23. The molecule has 0 aromatic heterocycles. The third kappa shape index (κ3) is 6.25. The number of ether oxygens (including phenoxy) is 2. The van der Waals surface area contributed by atoms with Gasteiger partial charge in [0.2, 0.25) is 0 Å². The second-order valence-electron chi connectivity index (χ2n) is 7.30. The van der Waals surface area contributed by atoms with Crippen LogP contribution in [0.15, 0.2) is 60.7 Å². The van der Waals surface area contributed by atoms with Crippen molar-refractivity contribution in [3.63, 3.8) is 0 Å². The lowest BCUT2D eigenvalue weighted by Gasteiger charge is -2.27. The summed E-state index contributed by atoms with van der Waals surface area (Å²) >= 11 is 0. The Morgan fingerprint density at radius 3 is 2.25 bits per heavy atom. The van der Waals surface area contributed by atoms with Gasteiger partial charge in [0, 0.05) is 12.5 Å². The van der Waals surface area contributed by atoms with Gasteiger partial charge in [-0.25, -0.2) is 0 Å². The molecule has 0 heterocycles. The van der Waals surface area contributed by atoms with E-state index >= 15 is 0 Å². The van der Waals surface area contributed by atoms with Crippen molar-refractivity contribution in [1.29, 1.82) is 0 Å². The Balaban J connectivity index is 1.77. The molecule has 2 aromatic rings. The van der Waals surface area contributed by atoms with Crippen LogP contribution in [0.4, 0.5) is 0 Å². The van der Waals surface area contributed by atoms with Crippen LogP contribution in [0.2, 0.25) is 0 Å². The second-order valence-corrected chi connectivity index (χ2v) is 7.30. The van der Waals surface area contributed by atoms with Crippen molar-refractivity contribution in [3.05, 3.63) is 71.8 Å². The molecule has 1 saturated carbocycles. The van der Waals surface area contributed by atoms with Crippen LogP contribution in [0.1, 0.15) is 56.3 Å². The number of carbonyl (C=O) groups excluding carboxylic acids is 1. The number of hydrogen-bond donors (Lipinski definition) is 0. The quantitative estimate of drug-likeness (QED) is 0.496. The minimum absolute atomic E-state index is 0.151. The van der Waals surface area contributed by atoms with E-state index in [1.165, 1.54) is 26.2 Å². The van der Waals surface area contributed by atoms with Gasteiger partial charge >= 0.3 is 5.97 Å². The van der Waals surface area contributed by atoms with Gasteiger partial charge in [-0.15, -0.1) is 0 Å². The van der Waals surface area contributed by atoms with Crippen LogP contribution in [-0.2, 0) is 20.9 Å². The van der Waals surface area contributed by atoms with Crippen molar-refractivity contribution in [2.45, 2.75) is 57.8 Å². The van der Waals surface area contributed by atoms with Crippen LogP contribution in [0.25, 0.3) is 0 Å². The van der Waals surface area contributed by atoms with E-state index < -0.39 is 6.10 Å². The molecule has 0 radical (unpaired) electrons. The molecule has 0 spiro atoms. The Bertz CT molecular complexity index is 783. The summed E-state index contributed by atoms with van der Waals surface area (Å²) in [5.41, 5.74) is 2.03. The minimum atomic E-state index is -0.565. The van der Waals surface area contributed by atoms with E-state index in [1.54, 1.807) is 0 Å². The molecule has 3 heteroatoms. The van der Waals surface area contributed by atoms with Crippen molar-refractivity contribution in [1.82, 2.24) is 0 Å². The van der Waals surface area contributed by atoms with E-state index in [0.717, 1.165) is 24.0 Å². The fourth-order valence-electron chi connectivity index (χ4n) is 3.63. The average molecular weight is 376 g/mol. The van der Waals surface area contributed by atoms with E-state index in [4.69, 9.17) is 9.47 Å². The predicted molar refractivity (Wildman–Crippen MR) is 110 cm³/mol. The zero-order valence-electron chi connectivity index (χ0n) is 16.5. The van der Waals surface area contributed by atoms with E-state index in [0.29, 0.717) is 12.5 Å². The molecule has 0 unspecified atom stereocenters. The van der Waals surface area contributed by atoms with Crippen LogP contribution in [-0.4, -0.2) is 12.1 Å². The molecule has 2 atom stereocenters. The van der Waals surface area contributed by atoms with Crippen LogP contribution in [0, 0.1) is 17.8 Å². The Morgan fingerprint density at radius 1 is 0.964 bits per heavy atom. The smallest absolute Gasteiger partial charge is 0.304 e. The Kier molecular flexibility index (Phi) is 7.70. The first-order valence-corrected chi connectivity index (χ1v) is 10.1. The first kappa shape index (κ1) is 20.2. The highest BCUT2D eigenvalue weighted by atomic mass is 16.5. The Labute approximate surface area is 168 Å². The second kappa shape index (κ2) is 10.7. The molecule has 0 saturated heterocycles.